The molecule has 4 unspecified atom stereocenters. The third kappa shape index (κ3) is 19.4. The van der Waals surface area contributed by atoms with Gasteiger partial charge in [-0.25, -0.2) is 28.1 Å². The fourth-order valence-corrected chi connectivity index (χ4v) is 9.54. The number of piperidine rings is 1. The van der Waals surface area contributed by atoms with Gasteiger partial charge in [-0.1, -0.05) is 35.9 Å². The van der Waals surface area contributed by atoms with E-state index in [1.54, 1.807) is 22.8 Å². The van der Waals surface area contributed by atoms with Gasteiger partial charge in [-0.3, -0.25) is 55.5 Å². The zero-order chi connectivity index (χ0) is 56.8. The van der Waals surface area contributed by atoms with E-state index in [4.69, 9.17) is 71.3 Å². The lowest BCUT2D eigenvalue weighted by atomic mass is 9.70. The number of benzene rings is 2. The number of carbonyl (C=O) groups excluding carboxylic acids is 4. The van der Waals surface area contributed by atoms with E-state index < -0.39 is 75.1 Å². The molecule has 1 saturated carbocycles. The van der Waals surface area contributed by atoms with Crippen molar-refractivity contribution in [2.24, 2.45) is 5.92 Å². The van der Waals surface area contributed by atoms with Crippen LogP contribution in [0, 0.1) is 24.5 Å². The second-order valence-electron chi connectivity index (χ2n) is 18.8. The minimum Gasteiger partial charge on any atom is -0.489 e. The van der Waals surface area contributed by atoms with Crippen molar-refractivity contribution < 1.29 is 102 Å². The molecule has 3 fully saturated rings. The van der Waals surface area contributed by atoms with Gasteiger partial charge >= 0.3 is 18.3 Å². The maximum atomic E-state index is 15.8. The molecule has 79 heavy (non-hydrogen) atoms. The highest BCUT2D eigenvalue weighted by molar-refractivity contribution is 6.32. The van der Waals surface area contributed by atoms with Crippen molar-refractivity contribution in [3.8, 4) is 11.6 Å². The predicted molar refractivity (Wildman–Crippen MR) is 263 cm³/mol. The maximum Gasteiger partial charge on any atom is 0.508 e. The summed E-state index contributed by atoms with van der Waals surface area (Å²) in [6.07, 6.45) is 3.72. The molecule has 6 N–H and O–H groups in total. The Bertz CT molecular complexity index is 2420. The highest BCUT2D eigenvalue weighted by atomic mass is 35.5. The lowest BCUT2D eigenvalue weighted by Crippen LogP contribution is -2.69. The van der Waals surface area contributed by atoms with E-state index in [0.29, 0.717) is 75.3 Å². The Morgan fingerprint density at radius 1 is 0.671 bits per heavy atom. The van der Waals surface area contributed by atoms with Crippen molar-refractivity contribution in [1.82, 2.24) is 35.9 Å². The number of aromatic nitrogens is 1. The number of likely N-dealkylation sites (tertiary alicyclic amines) is 1. The van der Waals surface area contributed by atoms with Crippen LogP contribution in [0.1, 0.15) is 92.4 Å². The molecule has 3 aliphatic rings. The molecule has 0 spiro atoms. The lowest BCUT2D eigenvalue weighted by Gasteiger charge is -2.54. The smallest absolute Gasteiger partial charge is 0.489 e. The summed E-state index contributed by atoms with van der Waals surface area (Å²) in [6.45, 7) is 1.35. The van der Waals surface area contributed by atoms with Crippen LogP contribution in [0.5, 0.6) is 11.6 Å². The van der Waals surface area contributed by atoms with E-state index in [1.807, 2.05) is 24.3 Å². The summed E-state index contributed by atoms with van der Waals surface area (Å²) in [7, 11) is 0. The monoisotopic (exact) mass is 1140 g/mol. The number of carbonyl (C=O) groups is 4. The predicted octanol–water partition coefficient (Wildman–Crippen LogP) is 7.16. The van der Waals surface area contributed by atoms with Crippen molar-refractivity contribution in [3.05, 3.63) is 87.6 Å². The van der Waals surface area contributed by atoms with Gasteiger partial charge < -0.3 is 38.2 Å². The molecule has 3 amide bonds. The Balaban J connectivity index is 1.22. The van der Waals surface area contributed by atoms with Gasteiger partial charge in [0.25, 0.3) is 0 Å². The van der Waals surface area contributed by atoms with Crippen LogP contribution < -0.4 is 9.47 Å². The summed E-state index contributed by atoms with van der Waals surface area (Å²) in [6, 6.07) is 9.49. The molecule has 29 heteroatoms. The molecule has 6 rings (SSSR count). The number of aryl methyl sites for hydroxylation is 1. The van der Waals surface area contributed by atoms with Crippen LogP contribution in [-0.4, -0.2) is 182 Å². The highest BCUT2D eigenvalue weighted by Crippen LogP contribution is 2.46. The Kier molecular flexibility index (Phi) is 25.1. The number of amides is 3. The van der Waals surface area contributed by atoms with Crippen LogP contribution in [0.4, 0.5) is 23.2 Å². The molecule has 3 heterocycles. The Labute approximate surface area is 458 Å². The number of halogens is 3. The van der Waals surface area contributed by atoms with Crippen molar-refractivity contribution in [2.75, 3.05) is 72.6 Å². The minimum atomic E-state index is -0.953. The molecule has 2 aromatic carbocycles. The molecule has 3 aromatic rings. The topological polar surface area (TPSA) is 305 Å². The number of fused-ring (bicyclic) bond motifs is 2. The van der Waals surface area contributed by atoms with E-state index in [-0.39, 0.29) is 109 Å². The number of unbranched alkanes of at least 4 members (excludes halogenated alkanes) is 3. The van der Waals surface area contributed by atoms with E-state index in [2.05, 4.69) is 19.5 Å². The summed E-state index contributed by atoms with van der Waals surface area (Å²) in [4.78, 5) is 78.9. The van der Waals surface area contributed by atoms with E-state index in [1.165, 1.54) is 11.1 Å². The number of pyridine rings is 1. The zero-order valence-corrected chi connectivity index (χ0v) is 44.3. The summed E-state index contributed by atoms with van der Waals surface area (Å²) >= 11 is 5.95. The quantitative estimate of drug-likeness (QED) is 0.0119. The number of hydrogen-bond acceptors (Lipinski definition) is 23. The first-order chi connectivity index (χ1) is 38.0. The second kappa shape index (κ2) is 31.8. The number of ether oxygens (including phenoxy) is 6. The van der Waals surface area contributed by atoms with Crippen LogP contribution >= 0.6 is 11.6 Å². The second-order valence-corrected chi connectivity index (χ2v) is 19.1. The maximum absolute atomic E-state index is 15.8. The van der Waals surface area contributed by atoms with Crippen molar-refractivity contribution in [2.45, 2.75) is 108 Å². The first kappa shape index (κ1) is 62.3. The standard InChI is InChI=1S/C50H68ClF2N7O19/c1-33-36(18-19-54-46(33)72-27-28-76-50(64)75-22-4-7-26-79-60(69)70)30-56(37-14-15-37)47(61)43-39(35-12-10-34(11-13-35)9-8-23-71-45-41(53)17-16-40(52)44(45)51)29-38-31-55(48(62)73-20-2-5-24-77-58(65)66)32-42(43)57(38)49(63)74-21-3-6-25-78-59(67)68/h10-13,16-19,37-39,42-43,65-70H,2-9,14-15,20-32H2,1H3. The SMILES string of the molecule is Cc1c(CN(C(=O)C2C(c3ccc(CCCOc4c(F)ccc(F)c4Cl)cc3)CC3CN(C(=O)OCCCCON(O)O)CC2N3C(=O)OCCCCON(O)O)C2CC2)ccnc1OCCOC(=O)OCCCCON(O)O. The molecule has 438 valence electrons. The normalized spacial score (nSPS) is 18.0. The summed E-state index contributed by atoms with van der Waals surface area (Å²) in [5.74, 6) is -3.46. The van der Waals surface area contributed by atoms with Gasteiger partial charge in [0.2, 0.25) is 11.8 Å². The third-order valence-corrected chi connectivity index (χ3v) is 13.7. The molecule has 2 aliphatic heterocycles. The van der Waals surface area contributed by atoms with E-state index in [9.17, 15) is 23.2 Å². The van der Waals surface area contributed by atoms with Crippen molar-refractivity contribution >= 4 is 35.8 Å². The number of nitrogens with zero attached hydrogens (tertiary/aromatic N) is 7. The van der Waals surface area contributed by atoms with E-state index in [0.717, 1.165) is 23.3 Å². The van der Waals surface area contributed by atoms with Crippen LogP contribution in [0.3, 0.4) is 0 Å². The first-order valence-electron chi connectivity index (χ1n) is 25.8. The number of hydrogen-bond donors (Lipinski definition) is 6. The van der Waals surface area contributed by atoms with Gasteiger partial charge in [0, 0.05) is 37.4 Å². The van der Waals surface area contributed by atoms with Crippen LogP contribution in [0.15, 0.2) is 48.7 Å². The molecule has 2 bridgehead atoms. The van der Waals surface area contributed by atoms with Crippen LogP contribution in [-0.2, 0) is 51.2 Å². The Morgan fingerprint density at radius 2 is 1.25 bits per heavy atom. The van der Waals surface area contributed by atoms with Gasteiger partial charge in [0.15, 0.2) is 11.6 Å². The van der Waals surface area contributed by atoms with Gasteiger partial charge in [-0.15, -0.1) is 0 Å². The fourth-order valence-electron chi connectivity index (χ4n) is 9.34. The third-order valence-electron chi connectivity index (χ3n) is 13.3. The Morgan fingerprint density at radius 3 is 1.87 bits per heavy atom. The number of piperazine rings is 1. The molecule has 0 radical (unpaired) electrons. The molecule has 26 nitrogen and oxygen atoms in total. The number of rotatable bonds is 32. The van der Waals surface area contributed by atoms with Gasteiger partial charge in [-0.2, -0.15) is 0 Å². The average molecular weight is 1140 g/mol. The summed E-state index contributed by atoms with van der Waals surface area (Å²) < 4.78 is 61.4. The highest BCUT2D eigenvalue weighted by Gasteiger charge is 2.55. The zero-order valence-electron chi connectivity index (χ0n) is 43.5. The van der Waals surface area contributed by atoms with Gasteiger partial charge in [0.05, 0.1) is 80.4 Å². The van der Waals surface area contributed by atoms with Crippen LogP contribution in [0.2, 0.25) is 5.02 Å². The minimum absolute atomic E-state index is 0.00509. The van der Waals surface area contributed by atoms with Crippen molar-refractivity contribution in [1.29, 1.82) is 0 Å². The molecule has 4 atom stereocenters. The van der Waals surface area contributed by atoms with Gasteiger partial charge in [0.1, 0.15) is 24.1 Å². The summed E-state index contributed by atoms with van der Waals surface area (Å²) in [5, 5.41) is 51.0. The van der Waals surface area contributed by atoms with Gasteiger partial charge in [-0.05, 0) is 118 Å². The summed E-state index contributed by atoms with van der Waals surface area (Å²) in [5.41, 5.74) is 3.00. The van der Waals surface area contributed by atoms with Crippen LogP contribution in [0.25, 0.3) is 0 Å². The first-order valence-corrected chi connectivity index (χ1v) is 26.2. The average Bonchev–Trinajstić information content (AvgIpc) is 4.29. The fraction of sp³-hybridized carbons (Fsp3) is 0.580. The molecular weight excluding hydrogens is 1080 g/mol. The Hall–Kier alpha value is -5.86. The lowest BCUT2D eigenvalue weighted by molar-refractivity contribution is -0.492. The largest absolute Gasteiger partial charge is 0.508 e. The molecule has 1 aliphatic carbocycles. The molecular formula is C50H68ClF2N7O19. The van der Waals surface area contributed by atoms with E-state index >= 15 is 4.79 Å². The molecule has 1 aromatic heterocycles. The van der Waals surface area contributed by atoms with Crippen molar-refractivity contribution in [3.63, 3.8) is 0 Å². The molecule has 2 saturated heterocycles.